The Balaban J connectivity index is 2.23. The summed E-state index contributed by atoms with van der Waals surface area (Å²) < 4.78 is 1.08. The van der Waals surface area contributed by atoms with E-state index in [1.54, 1.807) is 6.92 Å². The average molecular weight is 367 g/mol. The van der Waals surface area contributed by atoms with Gasteiger partial charge >= 0.3 is 0 Å². The van der Waals surface area contributed by atoms with Crippen LogP contribution in [0.25, 0.3) is 0 Å². The quantitative estimate of drug-likeness (QED) is 0.805. The van der Waals surface area contributed by atoms with Crippen LogP contribution < -0.4 is 5.32 Å². The van der Waals surface area contributed by atoms with Gasteiger partial charge in [-0.05, 0) is 49.6 Å². The van der Waals surface area contributed by atoms with Gasteiger partial charge in [-0.3, -0.25) is 9.69 Å². The summed E-state index contributed by atoms with van der Waals surface area (Å²) in [6, 6.07) is 4.89. The molecule has 122 valence electrons. The van der Waals surface area contributed by atoms with Gasteiger partial charge in [-0.15, -0.1) is 0 Å². The highest BCUT2D eigenvalue weighted by molar-refractivity contribution is 9.10. The first kappa shape index (κ1) is 17.5. The fraction of sp³-hybridized carbons (Fsp3) is 0.611. The number of nitrogens with zero attached hydrogens (tertiary/aromatic N) is 1. The fourth-order valence-electron chi connectivity index (χ4n) is 3.46. The summed E-state index contributed by atoms with van der Waals surface area (Å²) in [5, 5.41) is 3.01. The van der Waals surface area contributed by atoms with E-state index in [0.29, 0.717) is 6.04 Å². The topological polar surface area (TPSA) is 32.3 Å². The van der Waals surface area contributed by atoms with E-state index in [-0.39, 0.29) is 5.91 Å². The maximum atomic E-state index is 11.5. The highest BCUT2D eigenvalue weighted by Gasteiger charge is 2.21. The van der Waals surface area contributed by atoms with Crippen molar-refractivity contribution >= 4 is 27.5 Å². The van der Waals surface area contributed by atoms with Crippen LogP contribution >= 0.6 is 15.9 Å². The van der Waals surface area contributed by atoms with E-state index in [1.807, 2.05) is 0 Å². The molecule has 22 heavy (non-hydrogen) atoms. The van der Waals surface area contributed by atoms with E-state index < -0.39 is 0 Å². The lowest BCUT2D eigenvalue weighted by Crippen LogP contribution is -2.36. The summed E-state index contributed by atoms with van der Waals surface area (Å²) in [5.41, 5.74) is 3.29. The first-order valence-electron chi connectivity index (χ1n) is 8.32. The van der Waals surface area contributed by atoms with Gasteiger partial charge in [0.25, 0.3) is 0 Å². The molecule has 1 aromatic rings. The molecule has 4 heteroatoms. The number of hydrogen-bond acceptors (Lipinski definition) is 2. The molecular weight excluding hydrogens is 340 g/mol. The Labute approximate surface area is 142 Å². The van der Waals surface area contributed by atoms with Gasteiger partial charge in [-0.2, -0.15) is 0 Å². The molecule has 1 aromatic carbocycles. The first-order valence-corrected chi connectivity index (χ1v) is 9.11. The molecule has 2 rings (SSSR count). The van der Waals surface area contributed by atoms with Gasteiger partial charge in [0.2, 0.25) is 5.91 Å². The lowest BCUT2D eigenvalue weighted by Gasteiger charge is -2.34. The predicted octanol–water partition coefficient (Wildman–Crippen LogP) is 4.87. The normalized spacial score (nSPS) is 16.0. The Morgan fingerprint density at radius 1 is 1.32 bits per heavy atom. The number of carbonyl (C=O) groups excluding carboxylic acids is 1. The molecule has 1 aliphatic rings. The standard InChI is InChI=1S/C18H27BrN2O/c1-4-21(17-8-6-5-7-9-17)12-15-11-16(19)10-13(2)18(15)20-14(3)22/h10-11,17H,4-9,12H2,1-3H3,(H,20,22). The van der Waals surface area contributed by atoms with Gasteiger partial charge in [-0.25, -0.2) is 0 Å². The zero-order valence-electron chi connectivity index (χ0n) is 13.9. The van der Waals surface area contributed by atoms with Gasteiger partial charge in [0.05, 0.1) is 0 Å². The molecule has 0 saturated heterocycles. The van der Waals surface area contributed by atoms with Gasteiger partial charge in [0.1, 0.15) is 0 Å². The second-order valence-electron chi connectivity index (χ2n) is 6.29. The molecule has 3 nitrogen and oxygen atoms in total. The molecule has 1 fully saturated rings. The lowest BCUT2D eigenvalue weighted by atomic mass is 9.93. The van der Waals surface area contributed by atoms with Crippen molar-refractivity contribution in [3.05, 3.63) is 27.7 Å². The molecule has 0 aromatic heterocycles. The van der Waals surface area contributed by atoms with E-state index in [4.69, 9.17) is 0 Å². The summed E-state index contributed by atoms with van der Waals surface area (Å²) in [5.74, 6) is -0.00705. The smallest absolute Gasteiger partial charge is 0.221 e. The average Bonchev–Trinajstić information content (AvgIpc) is 2.48. The Kier molecular flexibility index (Phi) is 6.45. The number of rotatable bonds is 5. The van der Waals surface area contributed by atoms with Crippen LogP contribution in [0.5, 0.6) is 0 Å². The van der Waals surface area contributed by atoms with Crippen LogP contribution in [-0.2, 0) is 11.3 Å². The van der Waals surface area contributed by atoms with Gasteiger partial charge < -0.3 is 5.32 Å². The number of anilines is 1. The van der Waals surface area contributed by atoms with Crippen LogP contribution in [0.1, 0.15) is 57.1 Å². The van der Waals surface area contributed by atoms with E-state index in [1.165, 1.54) is 37.7 Å². The first-order chi connectivity index (χ1) is 10.5. The molecule has 0 radical (unpaired) electrons. The Morgan fingerprint density at radius 2 is 2.00 bits per heavy atom. The Hall–Kier alpha value is -0.870. The van der Waals surface area contributed by atoms with Crippen molar-refractivity contribution in [1.29, 1.82) is 0 Å². The van der Waals surface area contributed by atoms with E-state index in [0.717, 1.165) is 28.8 Å². The molecule has 0 unspecified atom stereocenters. The highest BCUT2D eigenvalue weighted by atomic mass is 79.9. The molecule has 0 spiro atoms. The minimum atomic E-state index is -0.00705. The fourth-order valence-corrected chi connectivity index (χ4v) is 4.08. The van der Waals surface area contributed by atoms with Crippen molar-refractivity contribution < 1.29 is 4.79 Å². The lowest BCUT2D eigenvalue weighted by molar-refractivity contribution is -0.114. The third-order valence-corrected chi connectivity index (χ3v) is 5.01. The van der Waals surface area contributed by atoms with Gasteiger partial charge in [-0.1, -0.05) is 42.1 Å². The molecule has 1 N–H and O–H groups in total. The van der Waals surface area contributed by atoms with Crippen molar-refractivity contribution in [3.8, 4) is 0 Å². The van der Waals surface area contributed by atoms with Crippen molar-refractivity contribution in [1.82, 2.24) is 4.90 Å². The number of amides is 1. The van der Waals surface area contributed by atoms with Crippen LogP contribution in [0, 0.1) is 6.92 Å². The molecule has 1 amide bonds. The van der Waals surface area contributed by atoms with Crippen LogP contribution in [-0.4, -0.2) is 23.4 Å². The van der Waals surface area contributed by atoms with Crippen LogP contribution in [0.3, 0.4) is 0 Å². The van der Waals surface area contributed by atoms with E-state index >= 15 is 0 Å². The van der Waals surface area contributed by atoms with Crippen LogP contribution in [0.15, 0.2) is 16.6 Å². The molecule has 0 bridgehead atoms. The third-order valence-electron chi connectivity index (χ3n) is 4.55. The summed E-state index contributed by atoms with van der Waals surface area (Å²) >= 11 is 3.59. The van der Waals surface area contributed by atoms with E-state index in [9.17, 15) is 4.79 Å². The van der Waals surface area contributed by atoms with Crippen LogP contribution in [0.2, 0.25) is 0 Å². The highest BCUT2D eigenvalue weighted by Crippen LogP contribution is 2.30. The zero-order valence-corrected chi connectivity index (χ0v) is 15.5. The molecular formula is C18H27BrN2O. The number of benzene rings is 1. The molecule has 1 saturated carbocycles. The van der Waals surface area contributed by atoms with E-state index in [2.05, 4.69) is 52.1 Å². The number of aryl methyl sites for hydroxylation is 1. The third kappa shape index (κ3) is 4.56. The predicted molar refractivity (Wildman–Crippen MR) is 96.1 cm³/mol. The van der Waals surface area contributed by atoms with Crippen LogP contribution in [0.4, 0.5) is 5.69 Å². The summed E-state index contributed by atoms with van der Waals surface area (Å²) in [6.45, 7) is 7.81. The maximum Gasteiger partial charge on any atom is 0.221 e. The molecule has 1 aliphatic carbocycles. The van der Waals surface area contributed by atoms with Gasteiger partial charge in [0, 0.05) is 29.7 Å². The second-order valence-corrected chi connectivity index (χ2v) is 7.21. The van der Waals surface area contributed by atoms with Crippen molar-refractivity contribution in [2.45, 2.75) is 65.5 Å². The minimum absolute atomic E-state index is 0.00705. The minimum Gasteiger partial charge on any atom is -0.326 e. The van der Waals surface area contributed by atoms with Crippen molar-refractivity contribution in [2.75, 3.05) is 11.9 Å². The largest absolute Gasteiger partial charge is 0.326 e. The van der Waals surface area contributed by atoms with Crippen molar-refractivity contribution in [3.63, 3.8) is 0 Å². The van der Waals surface area contributed by atoms with Crippen molar-refractivity contribution in [2.24, 2.45) is 0 Å². The summed E-state index contributed by atoms with van der Waals surface area (Å²) in [6.07, 6.45) is 6.67. The zero-order chi connectivity index (χ0) is 16.1. The molecule has 0 heterocycles. The summed E-state index contributed by atoms with van der Waals surface area (Å²) in [7, 11) is 0. The number of nitrogens with one attached hydrogen (secondary N) is 1. The summed E-state index contributed by atoms with van der Waals surface area (Å²) in [4.78, 5) is 14.1. The Morgan fingerprint density at radius 3 is 2.59 bits per heavy atom. The number of halogens is 1. The number of hydrogen-bond donors (Lipinski definition) is 1. The molecule has 0 aliphatic heterocycles. The van der Waals surface area contributed by atoms with Gasteiger partial charge in [0.15, 0.2) is 0 Å². The molecule has 0 atom stereocenters. The number of carbonyl (C=O) groups is 1. The second kappa shape index (κ2) is 8.11. The monoisotopic (exact) mass is 366 g/mol. The maximum absolute atomic E-state index is 11.5. The Bertz CT molecular complexity index is 524. The SMILES string of the molecule is CCN(Cc1cc(Br)cc(C)c1NC(C)=O)C1CCCCC1.